The van der Waals surface area contributed by atoms with Gasteiger partial charge in [0.1, 0.15) is 0 Å². The number of rotatable bonds is 4. The fourth-order valence-electron chi connectivity index (χ4n) is 2.47. The lowest BCUT2D eigenvalue weighted by molar-refractivity contribution is -0.138. The average Bonchev–Trinajstić information content (AvgIpc) is 2.44. The second-order valence-electron chi connectivity index (χ2n) is 4.99. The first-order valence-electron chi connectivity index (χ1n) is 6.89. The van der Waals surface area contributed by atoms with Crippen molar-refractivity contribution >= 4 is 0 Å². The third kappa shape index (κ3) is 3.64. The first kappa shape index (κ1) is 15.6. The first-order valence-corrected chi connectivity index (χ1v) is 6.89. The van der Waals surface area contributed by atoms with Gasteiger partial charge >= 0.3 is 6.18 Å². The molecule has 21 heavy (non-hydrogen) atoms. The van der Waals surface area contributed by atoms with Crippen LogP contribution in [0.5, 0.6) is 0 Å². The summed E-state index contributed by atoms with van der Waals surface area (Å²) < 4.78 is 39.6. The molecule has 0 aliphatic heterocycles. The Bertz CT molecular complexity index is 605. The molecule has 0 saturated heterocycles. The van der Waals surface area contributed by atoms with Crippen LogP contribution in [0.4, 0.5) is 13.2 Å². The van der Waals surface area contributed by atoms with Gasteiger partial charge in [-0.05, 0) is 30.7 Å². The molecule has 0 aromatic heterocycles. The number of benzene rings is 2. The van der Waals surface area contributed by atoms with Crippen LogP contribution in [-0.2, 0) is 6.18 Å². The Balaban J connectivity index is 2.54. The summed E-state index contributed by atoms with van der Waals surface area (Å²) in [5, 5.41) is 3.15. The quantitative estimate of drug-likeness (QED) is 0.860. The summed E-state index contributed by atoms with van der Waals surface area (Å²) >= 11 is 0. The molecule has 0 amide bonds. The topological polar surface area (TPSA) is 12.0 Å². The Labute approximate surface area is 122 Å². The summed E-state index contributed by atoms with van der Waals surface area (Å²) in [6.45, 7) is 4.41. The Kier molecular flexibility index (Phi) is 4.68. The van der Waals surface area contributed by atoms with Crippen molar-refractivity contribution in [3.63, 3.8) is 0 Å². The minimum atomic E-state index is -4.35. The highest BCUT2D eigenvalue weighted by atomic mass is 19.4. The van der Waals surface area contributed by atoms with Crippen molar-refractivity contribution in [1.29, 1.82) is 0 Å². The standard InChI is InChI=1S/C17H18F3N/c1-3-21-16(13-8-6-7-12(2)11-13)14-9-4-5-10-15(14)17(18,19)20/h4-11,16,21H,3H2,1-2H3. The van der Waals surface area contributed by atoms with E-state index >= 15 is 0 Å². The molecule has 0 heterocycles. The van der Waals surface area contributed by atoms with Gasteiger partial charge in [-0.15, -0.1) is 0 Å². The molecule has 0 aliphatic carbocycles. The minimum absolute atomic E-state index is 0.262. The highest BCUT2D eigenvalue weighted by Gasteiger charge is 2.35. The van der Waals surface area contributed by atoms with Gasteiger partial charge in [0.15, 0.2) is 0 Å². The van der Waals surface area contributed by atoms with Crippen molar-refractivity contribution in [2.75, 3.05) is 6.54 Å². The van der Waals surface area contributed by atoms with Crippen LogP contribution in [0.3, 0.4) is 0 Å². The Morgan fingerprint density at radius 2 is 1.76 bits per heavy atom. The van der Waals surface area contributed by atoms with Crippen molar-refractivity contribution in [3.05, 3.63) is 70.8 Å². The van der Waals surface area contributed by atoms with Gasteiger partial charge in [0, 0.05) is 0 Å². The molecule has 0 spiro atoms. The number of hydrogen-bond donors (Lipinski definition) is 1. The SMILES string of the molecule is CCNC(c1cccc(C)c1)c1ccccc1C(F)(F)F. The van der Waals surface area contributed by atoms with Gasteiger partial charge in [0.2, 0.25) is 0 Å². The van der Waals surface area contributed by atoms with Crippen LogP contribution in [0.2, 0.25) is 0 Å². The summed E-state index contributed by atoms with van der Waals surface area (Å²) in [4.78, 5) is 0. The number of halogens is 3. The van der Waals surface area contributed by atoms with Crippen LogP contribution >= 0.6 is 0 Å². The van der Waals surface area contributed by atoms with Crippen molar-refractivity contribution in [1.82, 2.24) is 5.32 Å². The van der Waals surface area contributed by atoms with Gasteiger partial charge in [0.05, 0.1) is 11.6 Å². The fourth-order valence-corrected chi connectivity index (χ4v) is 2.47. The maximum absolute atomic E-state index is 13.2. The summed E-state index contributed by atoms with van der Waals surface area (Å²) in [6.07, 6.45) is -4.35. The lowest BCUT2D eigenvalue weighted by atomic mass is 9.93. The molecule has 112 valence electrons. The van der Waals surface area contributed by atoms with Crippen molar-refractivity contribution in [2.45, 2.75) is 26.1 Å². The van der Waals surface area contributed by atoms with Gasteiger partial charge < -0.3 is 5.32 Å². The van der Waals surface area contributed by atoms with Crippen LogP contribution in [0.1, 0.15) is 35.2 Å². The van der Waals surface area contributed by atoms with E-state index in [0.29, 0.717) is 6.54 Å². The summed E-state index contributed by atoms with van der Waals surface area (Å²) in [7, 11) is 0. The molecule has 1 nitrogen and oxygen atoms in total. The first-order chi connectivity index (χ1) is 9.93. The lowest BCUT2D eigenvalue weighted by Crippen LogP contribution is -2.25. The molecule has 1 unspecified atom stereocenters. The van der Waals surface area contributed by atoms with E-state index in [2.05, 4.69) is 5.32 Å². The van der Waals surface area contributed by atoms with E-state index in [4.69, 9.17) is 0 Å². The zero-order valence-electron chi connectivity index (χ0n) is 12.0. The number of aryl methyl sites for hydroxylation is 1. The zero-order valence-corrected chi connectivity index (χ0v) is 12.0. The average molecular weight is 293 g/mol. The predicted molar refractivity (Wildman–Crippen MR) is 78.1 cm³/mol. The molecule has 2 aromatic rings. The highest BCUT2D eigenvalue weighted by Crippen LogP contribution is 2.36. The normalized spacial score (nSPS) is 13.2. The molecule has 0 radical (unpaired) electrons. The largest absolute Gasteiger partial charge is 0.416 e. The van der Waals surface area contributed by atoms with E-state index in [-0.39, 0.29) is 5.56 Å². The van der Waals surface area contributed by atoms with Crippen molar-refractivity contribution in [2.24, 2.45) is 0 Å². The maximum Gasteiger partial charge on any atom is 0.416 e. The molecule has 0 fully saturated rings. The second kappa shape index (κ2) is 6.31. The van der Waals surface area contributed by atoms with Crippen LogP contribution < -0.4 is 5.32 Å². The van der Waals surface area contributed by atoms with Crippen LogP contribution in [-0.4, -0.2) is 6.54 Å². The van der Waals surface area contributed by atoms with Gasteiger partial charge in [-0.3, -0.25) is 0 Å². The Morgan fingerprint density at radius 1 is 1.05 bits per heavy atom. The third-order valence-corrected chi connectivity index (χ3v) is 3.36. The summed E-state index contributed by atoms with van der Waals surface area (Å²) in [6, 6.07) is 12.8. The van der Waals surface area contributed by atoms with E-state index in [0.717, 1.165) is 17.2 Å². The summed E-state index contributed by atoms with van der Waals surface area (Å²) in [5.41, 5.74) is 1.54. The van der Waals surface area contributed by atoms with E-state index < -0.39 is 17.8 Å². The molecule has 1 atom stereocenters. The van der Waals surface area contributed by atoms with Gasteiger partial charge in [-0.2, -0.15) is 13.2 Å². The van der Waals surface area contributed by atoms with Crippen LogP contribution in [0.15, 0.2) is 48.5 Å². The van der Waals surface area contributed by atoms with Gasteiger partial charge in [0.25, 0.3) is 0 Å². The van der Waals surface area contributed by atoms with E-state index in [1.165, 1.54) is 6.07 Å². The van der Waals surface area contributed by atoms with Crippen LogP contribution in [0.25, 0.3) is 0 Å². The summed E-state index contributed by atoms with van der Waals surface area (Å²) in [5.74, 6) is 0. The van der Waals surface area contributed by atoms with E-state index in [9.17, 15) is 13.2 Å². The van der Waals surface area contributed by atoms with E-state index in [1.54, 1.807) is 12.1 Å². The van der Waals surface area contributed by atoms with Crippen molar-refractivity contribution in [3.8, 4) is 0 Å². The van der Waals surface area contributed by atoms with Crippen LogP contribution in [0, 0.1) is 6.92 Å². The fraction of sp³-hybridized carbons (Fsp3) is 0.294. The van der Waals surface area contributed by atoms with E-state index in [1.807, 2.05) is 38.1 Å². The molecule has 0 aliphatic rings. The molecule has 2 rings (SSSR count). The third-order valence-electron chi connectivity index (χ3n) is 3.36. The van der Waals surface area contributed by atoms with Gasteiger partial charge in [-0.25, -0.2) is 0 Å². The molecule has 2 aromatic carbocycles. The second-order valence-corrected chi connectivity index (χ2v) is 4.99. The molecular weight excluding hydrogens is 275 g/mol. The predicted octanol–water partition coefficient (Wildman–Crippen LogP) is 4.71. The number of alkyl halides is 3. The van der Waals surface area contributed by atoms with Gasteiger partial charge in [-0.1, -0.05) is 55.0 Å². The highest BCUT2D eigenvalue weighted by molar-refractivity contribution is 5.40. The Morgan fingerprint density at radius 3 is 2.38 bits per heavy atom. The molecule has 1 N–H and O–H groups in total. The van der Waals surface area contributed by atoms with Crippen molar-refractivity contribution < 1.29 is 13.2 Å². The Hall–Kier alpha value is -1.81. The molecule has 4 heteroatoms. The smallest absolute Gasteiger partial charge is 0.307 e. The maximum atomic E-state index is 13.2. The minimum Gasteiger partial charge on any atom is -0.307 e. The molecule has 0 saturated carbocycles. The molecular formula is C17H18F3N. The number of nitrogens with one attached hydrogen (secondary N) is 1. The zero-order chi connectivity index (χ0) is 15.5. The molecule has 0 bridgehead atoms. The monoisotopic (exact) mass is 293 g/mol. The number of hydrogen-bond acceptors (Lipinski definition) is 1. The lowest BCUT2D eigenvalue weighted by Gasteiger charge is -2.23.